The molecule has 8 nitrogen and oxygen atoms in total. The molecule has 0 bridgehead atoms. The van der Waals surface area contributed by atoms with Gasteiger partial charge in [-0.2, -0.15) is 0 Å². The Kier molecular flexibility index (Phi) is 5.83. The van der Waals surface area contributed by atoms with E-state index >= 15 is 0 Å². The van der Waals surface area contributed by atoms with Crippen LogP contribution in [0.2, 0.25) is 0 Å². The van der Waals surface area contributed by atoms with Crippen molar-refractivity contribution in [2.24, 2.45) is 0 Å². The molecule has 1 N–H and O–H groups in total. The largest absolute Gasteiger partial charge is 0.497 e. The molecule has 0 aliphatic carbocycles. The zero-order chi connectivity index (χ0) is 22.7. The van der Waals surface area contributed by atoms with Crippen LogP contribution in [0, 0.1) is 0 Å². The zero-order valence-corrected chi connectivity index (χ0v) is 18.2. The second-order valence-electron chi connectivity index (χ2n) is 6.87. The third-order valence-corrected chi connectivity index (χ3v) is 6.68. The van der Waals surface area contributed by atoms with Gasteiger partial charge in [-0.05, 0) is 42.0 Å². The van der Waals surface area contributed by atoms with Crippen LogP contribution in [0.3, 0.4) is 0 Å². The lowest BCUT2D eigenvalue weighted by Gasteiger charge is -2.12. The van der Waals surface area contributed by atoms with Crippen molar-refractivity contribution in [3.05, 3.63) is 78.3 Å². The summed E-state index contributed by atoms with van der Waals surface area (Å²) in [6.45, 7) is 0.205. The normalized spacial score (nSPS) is 11.3. The Morgan fingerprint density at radius 1 is 1.03 bits per heavy atom. The fourth-order valence-corrected chi connectivity index (χ4v) is 4.61. The lowest BCUT2D eigenvalue weighted by atomic mass is 10.2. The van der Waals surface area contributed by atoms with E-state index in [1.54, 1.807) is 48.8 Å². The number of hydrogen-bond donors (Lipinski definition) is 1. The first-order chi connectivity index (χ1) is 15.4. The van der Waals surface area contributed by atoms with Crippen molar-refractivity contribution in [2.45, 2.75) is 16.3 Å². The fraction of sp³-hybridized carbons (Fsp3) is 0.130. The van der Waals surface area contributed by atoms with Gasteiger partial charge >= 0.3 is 0 Å². The van der Waals surface area contributed by atoms with E-state index in [1.165, 1.54) is 32.4 Å². The average Bonchev–Trinajstić information content (AvgIpc) is 3.27. The van der Waals surface area contributed by atoms with Gasteiger partial charge in [0.2, 0.25) is 9.84 Å². The van der Waals surface area contributed by atoms with E-state index in [0.717, 1.165) is 10.9 Å². The number of carbonyl (C=O) groups excluding carboxylic acids is 1. The smallest absolute Gasteiger partial charge is 0.287 e. The zero-order valence-electron chi connectivity index (χ0n) is 17.4. The Hall–Kier alpha value is -3.85. The van der Waals surface area contributed by atoms with Crippen molar-refractivity contribution in [1.29, 1.82) is 0 Å². The molecular formula is C23H20N2O6S. The summed E-state index contributed by atoms with van der Waals surface area (Å²) in [6.07, 6.45) is 3.17. The number of hydrogen-bond acceptors (Lipinski definition) is 7. The van der Waals surface area contributed by atoms with Gasteiger partial charge in [-0.15, -0.1) is 0 Å². The van der Waals surface area contributed by atoms with Crippen LogP contribution in [0.5, 0.6) is 11.5 Å². The Morgan fingerprint density at radius 3 is 2.50 bits per heavy atom. The first kappa shape index (κ1) is 21.4. The second kappa shape index (κ2) is 8.72. The van der Waals surface area contributed by atoms with Crippen LogP contribution >= 0.6 is 0 Å². The molecule has 0 fully saturated rings. The number of sulfone groups is 1. The number of benzene rings is 2. The maximum Gasteiger partial charge on any atom is 0.287 e. The third kappa shape index (κ3) is 4.15. The highest BCUT2D eigenvalue weighted by Gasteiger charge is 2.23. The van der Waals surface area contributed by atoms with Crippen LogP contribution in [-0.2, 0) is 16.4 Å². The van der Waals surface area contributed by atoms with E-state index in [1.807, 2.05) is 0 Å². The number of carbonyl (C=O) groups is 1. The summed E-state index contributed by atoms with van der Waals surface area (Å²) in [5.41, 5.74) is 1.26. The first-order valence-corrected chi connectivity index (χ1v) is 11.1. The molecule has 0 aliphatic heterocycles. The van der Waals surface area contributed by atoms with E-state index in [2.05, 4.69) is 10.3 Å². The number of methoxy groups -OCH3 is 2. The average molecular weight is 452 g/mol. The molecule has 0 saturated carbocycles. The molecule has 32 heavy (non-hydrogen) atoms. The molecule has 0 radical (unpaired) electrons. The van der Waals surface area contributed by atoms with E-state index in [9.17, 15) is 13.2 Å². The highest BCUT2D eigenvalue weighted by Crippen LogP contribution is 2.32. The second-order valence-corrected chi connectivity index (χ2v) is 8.79. The van der Waals surface area contributed by atoms with E-state index in [0.29, 0.717) is 11.3 Å². The molecular weight excluding hydrogens is 432 g/mol. The van der Waals surface area contributed by atoms with Crippen LogP contribution in [0.15, 0.2) is 81.2 Å². The maximum atomic E-state index is 13.1. The lowest BCUT2D eigenvalue weighted by Crippen LogP contribution is -2.22. The summed E-state index contributed by atoms with van der Waals surface area (Å²) < 4.78 is 42.1. The Labute approximate surface area is 184 Å². The monoisotopic (exact) mass is 452 g/mol. The predicted molar refractivity (Wildman–Crippen MR) is 117 cm³/mol. The Morgan fingerprint density at radius 2 is 1.81 bits per heavy atom. The number of nitrogens with zero attached hydrogens (tertiary/aromatic N) is 1. The van der Waals surface area contributed by atoms with Crippen molar-refractivity contribution in [1.82, 2.24) is 10.3 Å². The summed E-state index contributed by atoms with van der Waals surface area (Å²) in [7, 11) is -0.964. The van der Waals surface area contributed by atoms with Gasteiger partial charge in [-0.25, -0.2) is 8.42 Å². The number of nitrogens with one attached hydrogen (secondary N) is 1. The molecule has 0 unspecified atom stereocenters. The minimum Gasteiger partial charge on any atom is -0.497 e. The molecule has 9 heteroatoms. The van der Waals surface area contributed by atoms with Gasteiger partial charge in [0.1, 0.15) is 16.4 Å². The van der Waals surface area contributed by atoms with Gasteiger partial charge in [-0.3, -0.25) is 9.78 Å². The Bertz CT molecular complexity index is 1340. The fourth-order valence-electron chi connectivity index (χ4n) is 3.17. The summed E-state index contributed by atoms with van der Waals surface area (Å²) in [5, 5.41) is 3.55. The standard InChI is InChI=1S/C23H20N2O6S/c1-29-17-5-8-19(30-2)22(12-17)32(27,28)18-6-3-15(4-7-18)13-25-23(26)20-11-16-9-10-24-14-21(16)31-20/h3-12,14H,13H2,1-2H3,(H,25,26). The van der Waals surface area contributed by atoms with Crippen molar-refractivity contribution >= 4 is 26.7 Å². The molecule has 0 spiro atoms. The summed E-state index contributed by atoms with van der Waals surface area (Å²) in [5.74, 6) is 0.435. The van der Waals surface area contributed by atoms with Gasteiger partial charge in [0.15, 0.2) is 11.3 Å². The van der Waals surface area contributed by atoms with Crippen molar-refractivity contribution in [3.8, 4) is 11.5 Å². The highest BCUT2D eigenvalue weighted by atomic mass is 32.2. The Balaban J connectivity index is 1.50. The highest BCUT2D eigenvalue weighted by molar-refractivity contribution is 7.91. The predicted octanol–water partition coefficient (Wildman–Crippen LogP) is 3.61. The van der Waals surface area contributed by atoms with Gasteiger partial charge in [0.05, 0.1) is 25.3 Å². The molecule has 2 heterocycles. The molecule has 2 aromatic heterocycles. The molecule has 2 aromatic carbocycles. The number of furan rings is 1. The number of rotatable bonds is 7. The quantitative estimate of drug-likeness (QED) is 0.456. The van der Waals surface area contributed by atoms with Crippen molar-refractivity contribution < 1.29 is 27.1 Å². The third-order valence-electron chi connectivity index (χ3n) is 4.89. The van der Waals surface area contributed by atoms with E-state index in [-0.39, 0.29) is 33.8 Å². The molecule has 164 valence electrons. The number of ether oxygens (including phenoxy) is 2. The number of fused-ring (bicyclic) bond motifs is 1. The summed E-state index contributed by atoms with van der Waals surface area (Å²) >= 11 is 0. The molecule has 4 aromatic rings. The van der Waals surface area contributed by atoms with Crippen molar-refractivity contribution in [2.75, 3.05) is 14.2 Å². The molecule has 4 rings (SSSR count). The SMILES string of the molecule is COc1ccc(OC)c(S(=O)(=O)c2ccc(CNC(=O)c3cc4ccncc4o3)cc2)c1. The van der Waals surface area contributed by atoms with Crippen LogP contribution in [0.1, 0.15) is 16.1 Å². The van der Waals surface area contributed by atoms with E-state index < -0.39 is 9.84 Å². The van der Waals surface area contributed by atoms with Gasteiger partial charge in [0.25, 0.3) is 5.91 Å². The minimum atomic E-state index is -3.83. The van der Waals surface area contributed by atoms with Crippen LogP contribution in [-0.4, -0.2) is 33.5 Å². The topological polar surface area (TPSA) is 108 Å². The molecule has 1 amide bonds. The maximum absolute atomic E-state index is 13.1. The minimum absolute atomic E-state index is 0.0137. The molecule has 0 saturated heterocycles. The molecule has 0 atom stereocenters. The van der Waals surface area contributed by atoms with Crippen molar-refractivity contribution in [3.63, 3.8) is 0 Å². The van der Waals surface area contributed by atoms with Crippen LogP contribution in [0.4, 0.5) is 0 Å². The van der Waals surface area contributed by atoms with E-state index in [4.69, 9.17) is 13.9 Å². The number of amides is 1. The van der Waals surface area contributed by atoms with Crippen LogP contribution < -0.4 is 14.8 Å². The van der Waals surface area contributed by atoms with Crippen LogP contribution in [0.25, 0.3) is 11.0 Å². The number of aromatic nitrogens is 1. The van der Waals surface area contributed by atoms with Gasteiger partial charge in [-0.1, -0.05) is 12.1 Å². The molecule has 0 aliphatic rings. The summed E-state index contributed by atoms with van der Waals surface area (Å²) in [4.78, 5) is 16.5. The van der Waals surface area contributed by atoms with Gasteiger partial charge < -0.3 is 19.2 Å². The summed E-state index contributed by atoms with van der Waals surface area (Å²) in [6, 6.07) is 14.3. The van der Waals surface area contributed by atoms with Gasteiger partial charge in [0, 0.05) is 24.2 Å². The first-order valence-electron chi connectivity index (χ1n) is 9.60. The number of pyridine rings is 1. The lowest BCUT2D eigenvalue weighted by molar-refractivity contribution is 0.0925.